The van der Waals surface area contributed by atoms with Gasteiger partial charge < -0.3 is 10.3 Å². The molecule has 0 atom stereocenters. The van der Waals surface area contributed by atoms with Crippen LogP contribution in [0.2, 0.25) is 0 Å². The number of aryl methyl sites for hydroxylation is 1. The van der Waals surface area contributed by atoms with Crippen LogP contribution < -0.4 is 5.73 Å². The molecular weight excluding hydrogens is 270 g/mol. The molecule has 3 heterocycles. The van der Waals surface area contributed by atoms with Crippen LogP contribution in [-0.4, -0.2) is 24.5 Å². The highest BCUT2D eigenvalue weighted by atomic mass is 32.1. The smallest absolute Gasteiger partial charge is 0.160 e. The zero-order chi connectivity index (χ0) is 14.1. The maximum absolute atomic E-state index is 5.69. The molecule has 0 saturated carbocycles. The van der Waals surface area contributed by atoms with Crippen LogP contribution in [0.4, 0.5) is 0 Å². The van der Waals surface area contributed by atoms with Gasteiger partial charge in [0.2, 0.25) is 0 Å². The average Bonchev–Trinajstić information content (AvgIpc) is 2.77. The molecule has 0 bridgehead atoms. The van der Waals surface area contributed by atoms with Crippen LogP contribution in [0.5, 0.6) is 0 Å². The summed E-state index contributed by atoms with van der Waals surface area (Å²) in [5, 5.41) is 0. The first kappa shape index (κ1) is 12.7. The van der Waals surface area contributed by atoms with Crippen LogP contribution in [0.1, 0.15) is 5.56 Å². The van der Waals surface area contributed by atoms with Gasteiger partial charge in [0.25, 0.3) is 0 Å². The van der Waals surface area contributed by atoms with E-state index < -0.39 is 0 Å². The summed E-state index contributed by atoms with van der Waals surface area (Å²) in [4.78, 5) is 13.6. The predicted octanol–water partition coefficient (Wildman–Crippen LogP) is 2.09. The summed E-state index contributed by atoms with van der Waals surface area (Å²) in [5.74, 6) is 0.777. The van der Waals surface area contributed by atoms with Crippen LogP contribution in [-0.2, 0) is 6.54 Å². The van der Waals surface area contributed by atoms with Crippen molar-refractivity contribution in [3.8, 4) is 11.4 Å². The number of nitrogens with two attached hydrogens (primary N) is 1. The van der Waals surface area contributed by atoms with E-state index in [9.17, 15) is 0 Å². The topological polar surface area (TPSA) is 69.6 Å². The van der Waals surface area contributed by atoms with E-state index in [-0.39, 0.29) is 0 Å². The number of rotatable bonds is 3. The highest BCUT2D eigenvalue weighted by Crippen LogP contribution is 2.23. The van der Waals surface area contributed by atoms with Gasteiger partial charge in [-0.1, -0.05) is 12.2 Å². The zero-order valence-electron chi connectivity index (χ0n) is 10.9. The first-order valence-electron chi connectivity index (χ1n) is 6.17. The molecule has 0 aliphatic rings. The van der Waals surface area contributed by atoms with E-state index in [0.29, 0.717) is 11.5 Å². The van der Waals surface area contributed by atoms with Crippen LogP contribution in [0.15, 0.2) is 36.8 Å². The molecule has 3 rings (SSSR count). The Morgan fingerprint density at radius 2 is 2.25 bits per heavy atom. The summed E-state index contributed by atoms with van der Waals surface area (Å²) >= 11 is 5.03. The van der Waals surface area contributed by atoms with E-state index >= 15 is 0 Å². The molecule has 3 aromatic heterocycles. The molecule has 20 heavy (non-hydrogen) atoms. The molecule has 0 spiro atoms. The van der Waals surface area contributed by atoms with Crippen molar-refractivity contribution in [1.29, 1.82) is 0 Å². The lowest BCUT2D eigenvalue weighted by atomic mass is 10.3. The largest absolute Gasteiger partial charge is 0.392 e. The van der Waals surface area contributed by atoms with E-state index in [2.05, 4.69) is 15.0 Å². The Bertz CT molecular complexity index is 779. The third-order valence-electron chi connectivity index (χ3n) is 2.96. The van der Waals surface area contributed by atoms with Crippen LogP contribution in [0.25, 0.3) is 22.6 Å². The molecule has 0 radical (unpaired) electrons. The Labute approximate surface area is 121 Å². The molecule has 0 aliphatic carbocycles. The maximum atomic E-state index is 5.69. The summed E-state index contributed by atoms with van der Waals surface area (Å²) in [6, 6.07) is 5.83. The Balaban J connectivity index is 2.27. The Morgan fingerprint density at radius 3 is 2.95 bits per heavy atom. The summed E-state index contributed by atoms with van der Waals surface area (Å²) < 4.78 is 1.92. The first-order valence-corrected chi connectivity index (χ1v) is 6.57. The van der Waals surface area contributed by atoms with E-state index in [4.69, 9.17) is 18.0 Å². The maximum Gasteiger partial charge on any atom is 0.160 e. The number of fused-ring (bicyclic) bond motifs is 1. The second kappa shape index (κ2) is 4.97. The van der Waals surface area contributed by atoms with E-state index in [1.54, 1.807) is 12.4 Å². The molecule has 3 aromatic rings. The van der Waals surface area contributed by atoms with E-state index in [1.165, 1.54) is 0 Å². The molecule has 0 fully saturated rings. The molecule has 100 valence electrons. The average molecular weight is 283 g/mol. The van der Waals surface area contributed by atoms with Crippen molar-refractivity contribution in [2.24, 2.45) is 5.73 Å². The molecule has 5 nitrogen and oxygen atoms in total. The summed E-state index contributed by atoms with van der Waals surface area (Å²) in [5.41, 5.74) is 9.29. The Kier molecular flexibility index (Phi) is 3.15. The van der Waals surface area contributed by atoms with Crippen molar-refractivity contribution in [2.45, 2.75) is 13.5 Å². The lowest BCUT2D eigenvalue weighted by Gasteiger charge is -2.07. The number of hydrogen-bond acceptors (Lipinski definition) is 4. The second-order valence-corrected chi connectivity index (χ2v) is 5.11. The molecule has 0 saturated heterocycles. The van der Waals surface area contributed by atoms with Crippen molar-refractivity contribution in [1.82, 2.24) is 19.5 Å². The third-order valence-corrected chi connectivity index (χ3v) is 3.08. The van der Waals surface area contributed by atoms with E-state index in [0.717, 1.165) is 28.1 Å². The van der Waals surface area contributed by atoms with Gasteiger partial charge in [0.05, 0.1) is 11.5 Å². The van der Waals surface area contributed by atoms with Gasteiger partial charge in [-0.3, -0.25) is 4.98 Å². The quantitative estimate of drug-likeness (QED) is 0.745. The van der Waals surface area contributed by atoms with Gasteiger partial charge in [-0.15, -0.1) is 0 Å². The monoisotopic (exact) mass is 283 g/mol. The first-order chi connectivity index (χ1) is 9.65. The lowest BCUT2D eigenvalue weighted by Crippen LogP contribution is -2.17. The minimum Gasteiger partial charge on any atom is -0.392 e. The van der Waals surface area contributed by atoms with Gasteiger partial charge >= 0.3 is 0 Å². The van der Waals surface area contributed by atoms with Crippen molar-refractivity contribution in [2.75, 3.05) is 0 Å². The highest BCUT2D eigenvalue weighted by Gasteiger charge is 2.14. The molecular formula is C14H13N5S. The van der Waals surface area contributed by atoms with Gasteiger partial charge in [0.15, 0.2) is 5.65 Å². The number of thiocarbonyl (C=S) groups is 1. The SMILES string of the molecule is Cc1cnc2c(c1)nc(-c1cccnc1)n2CC(N)=S. The summed E-state index contributed by atoms with van der Waals surface area (Å²) in [6.45, 7) is 2.40. The number of imidazole rings is 1. The third kappa shape index (κ3) is 2.25. The van der Waals surface area contributed by atoms with Gasteiger partial charge in [-0.25, -0.2) is 9.97 Å². The number of nitrogens with zero attached hydrogens (tertiary/aromatic N) is 4. The van der Waals surface area contributed by atoms with Crippen LogP contribution in [0, 0.1) is 6.92 Å². The van der Waals surface area contributed by atoms with E-state index in [1.807, 2.05) is 35.9 Å². The van der Waals surface area contributed by atoms with Gasteiger partial charge in [-0.2, -0.15) is 0 Å². The van der Waals surface area contributed by atoms with Crippen LogP contribution >= 0.6 is 12.2 Å². The fourth-order valence-electron chi connectivity index (χ4n) is 2.13. The number of hydrogen-bond donors (Lipinski definition) is 1. The standard InChI is InChI=1S/C14H13N5S/c1-9-5-11-14(17-6-9)19(8-12(15)20)13(18-11)10-3-2-4-16-7-10/h2-7H,8H2,1H3,(H2,15,20). The van der Waals surface area contributed by atoms with Crippen molar-refractivity contribution in [3.05, 3.63) is 42.4 Å². The van der Waals surface area contributed by atoms with Crippen molar-refractivity contribution in [3.63, 3.8) is 0 Å². The minimum absolute atomic E-state index is 0.400. The lowest BCUT2D eigenvalue weighted by molar-refractivity contribution is 0.880. The summed E-state index contributed by atoms with van der Waals surface area (Å²) in [6.07, 6.45) is 5.31. The Hall–Kier alpha value is -2.34. The van der Waals surface area contributed by atoms with Gasteiger partial charge in [-0.05, 0) is 30.7 Å². The molecule has 6 heteroatoms. The zero-order valence-corrected chi connectivity index (χ0v) is 11.8. The molecule has 0 aliphatic heterocycles. The second-order valence-electron chi connectivity index (χ2n) is 4.58. The fraction of sp³-hybridized carbons (Fsp3) is 0.143. The van der Waals surface area contributed by atoms with Crippen LogP contribution in [0.3, 0.4) is 0 Å². The summed E-state index contributed by atoms with van der Waals surface area (Å²) in [7, 11) is 0. The molecule has 0 aromatic carbocycles. The van der Waals surface area contributed by atoms with Crippen molar-refractivity contribution < 1.29 is 0 Å². The number of aromatic nitrogens is 4. The van der Waals surface area contributed by atoms with Gasteiger partial charge in [0, 0.05) is 24.2 Å². The Morgan fingerprint density at radius 1 is 1.40 bits per heavy atom. The minimum atomic E-state index is 0.400. The van der Waals surface area contributed by atoms with Crippen molar-refractivity contribution >= 4 is 28.4 Å². The number of pyridine rings is 2. The molecule has 0 unspecified atom stereocenters. The predicted molar refractivity (Wildman–Crippen MR) is 82.3 cm³/mol. The molecule has 2 N–H and O–H groups in total. The highest BCUT2D eigenvalue weighted by molar-refractivity contribution is 7.80. The van der Waals surface area contributed by atoms with Gasteiger partial charge in [0.1, 0.15) is 11.3 Å². The molecule has 0 amide bonds. The normalized spacial score (nSPS) is 10.8. The fourth-order valence-corrected chi connectivity index (χ4v) is 2.26.